The first-order chi connectivity index (χ1) is 11.5. The molecule has 1 aliphatic heterocycles. The highest BCUT2D eigenvalue weighted by atomic mass is 16.5. The van der Waals surface area contributed by atoms with Crippen LogP contribution in [0.3, 0.4) is 0 Å². The molecule has 1 heterocycles. The summed E-state index contributed by atoms with van der Waals surface area (Å²) in [5.41, 5.74) is 1.15. The van der Waals surface area contributed by atoms with Crippen molar-refractivity contribution in [3.8, 4) is 0 Å². The number of rotatable bonds is 6. The van der Waals surface area contributed by atoms with E-state index in [4.69, 9.17) is 4.74 Å². The molecule has 0 saturated carbocycles. The summed E-state index contributed by atoms with van der Waals surface area (Å²) in [7, 11) is 1.50. The maximum atomic E-state index is 12.4. The van der Waals surface area contributed by atoms with Crippen LogP contribution < -0.4 is 5.32 Å². The van der Waals surface area contributed by atoms with E-state index in [1.54, 1.807) is 6.92 Å². The smallest absolute Gasteiger partial charge is 0.328 e. The lowest BCUT2D eigenvalue weighted by molar-refractivity contribution is -0.146. The summed E-state index contributed by atoms with van der Waals surface area (Å²) in [5, 5.41) is 7.79. The number of ether oxygens (including phenoxy) is 1. The first-order valence-corrected chi connectivity index (χ1v) is 7.86. The molecule has 0 aliphatic carbocycles. The first kappa shape index (κ1) is 17.7. The minimum atomic E-state index is -0.800. The highest BCUT2D eigenvalue weighted by molar-refractivity contribution is 6.39. The van der Waals surface area contributed by atoms with E-state index in [9.17, 15) is 14.4 Å². The molecule has 1 atom stereocenters. The van der Waals surface area contributed by atoms with Gasteiger partial charge in [-0.1, -0.05) is 30.3 Å². The fourth-order valence-electron chi connectivity index (χ4n) is 2.36. The van der Waals surface area contributed by atoms with Crippen molar-refractivity contribution in [3.63, 3.8) is 0 Å². The van der Waals surface area contributed by atoms with E-state index in [1.165, 1.54) is 7.05 Å². The Morgan fingerprint density at radius 3 is 2.62 bits per heavy atom. The number of benzene rings is 1. The van der Waals surface area contributed by atoms with Gasteiger partial charge in [0.15, 0.2) is 0 Å². The predicted molar refractivity (Wildman–Crippen MR) is 88.1 cm³/mol. The Kier molecular flexibility index (Phi) is 6.06. The maximum Gasteiger partial charge on any atom is 0.328 e. The van der Waals surface area contributed by atoms with Crippen LogP contribution in [0.2, 0.25) is 0 Å². The molecule has 0 radical (unpaired) electrons. The van der Waals surface area contributed by atoms with Crippen LogP contribution in [-0.2, 0) is 25.5 Å². The number of carbonyl (C=O) groups is 3. The van der Waals surface area contributed by atoms with Gasteiger partial charge in [0.05, 0.1) is 6.61 Å². The Bertz CT molecular complexity index is 642. The van der Waals surface area contributed by atoms with Gasteiger partial charge in [0.1, 0.15) is 11.8 Å². The number of hydrogen-bond donors (Lipinski definition) is 1. The number of esters is 1. The number of nitrogens with zero attached hydrogens (tertiary/aromatic N) is 2. The summed E-state index contributed by atoms with van der Waals surface area (Å²) < 4.78 is 5.04. The van der Waals surface area contributed by atoms with Crippen LogP contribution >= 0.6 is 0 Å². The fourth-order valence-corrected chi connectivity index (χ4v) is 2.36. The summed E-state index contributed by atoms with van der Waals surface area (Å²) in [6.45, 7) is 1.95. The fraction of sp³-hybridized carbons (Fsp3) is 0.412. The predicted octanol–water partition coefficient (Wildman–Crippen LogP) is 0.885. The largest absolute Gasteiger partial charge is 0.464 e. The average Bonchev–Trinajstić information content (AvgIpc) is 2.57. The van der Waals surface area contributed by atoms with Crippen molar-refractivity contribution in [2.45, 2.75) is 32.2 Å². The molecule has 1 aliphatic rings. The van der Waals surface area contributed by atoms with Gasteiger partial charge in [-0.25, -0.2) is 9.80 Å². The van der Waals surface area contributed by atoms with Crippen molar-refractivity contribution >= 4 is 23.5 Å². The monoisotopic (exact) mass is 331 g/mol. The number of nitrogens with one attached hydrogen (secondary N) is 1. The number of hydrazone groups is 1. The Labute approximate surface area is 140 Å². The third-order valence-electron chi connectivity index (χ3n) is 3.63. The van der Waals surface area contributed by atoms with E-state index in [2.05, 4.69) is 10.4 Å². The van der Waals surface area contributed by atoms with Crippen molar-refractivity contribution in [3.05, 3.63) is 35.9 Å². The van der Waals surface area contributed by atoms with E-state index >= 15 is 0 Å². The lowest BCUT2D eigenvalue weighted by Gasteiger charge is -2.21. The van der Waals surface area contributed by atoms with Crippen LogP contribution in [0.4, 0.5) is 0 Å². The van der Waals surface area contributed by atoms with Crippen molar-refractivity contribution < 1.29 is 19.1 Å². The Hall–Kier alpha value is -2.70. The zero-order valence-electron chi connectivity index (χ0n) is 13.8. The SMILES string of the molecule is CCOC(=O)C(Cc1ccccc1)NC(=O)C1=NN(C)C(=O)CC1. The summed E-state index contributed by atoms with van der Waals surface area (Å²) in [6, 6.07) is 8.57. The van der Waals surface area contributed by atoms with Crippen LogP contribution in [-0.4, -0.2) is 48.2 Å². The normalized spacial score (nSPS) is 15.5. The van der Waals surface area contributed by atoms with Crippen LogP contribution in [0.15, 0.2) is 35.4 Å². The van der Waals surface area contributed by atoms with E-state index in [0.717, 1.165) is 10.6 Å². The van der Waals surface area contributed by atoms with E-state index in [-0.39, 0.29) is 31.1 Å². The molecule has 0 saturated heterocycles. The highest BCUT2D eigenvalue weighted by Crippen LogP contribution is 2.09. The molecule has 0 fully saturated rings. The molecule has 1 N–H and O–H groups in total. The molecule has 1 aromatic rings. The van der Waals surface area contributed by atoms with E-state index < -0.39 is 17.9 Å². The molecule has 7 nitrogen and oxygen atoms in total. The molecule has 0 spiro atoms. The van der Waals surface area contributed by atoms with Crippen molar-refractivity contribution in [2.75, 3.05) is 13.7 Å². The maximum absolute atomic E-state index is 12.4. The van der Waals surface area contributed by atoms with Crippen molar-refractivity contribution in [2.24, 2.45) is 5.10 Å². The Morgan fingerprint density at radius 1 is 1.29 bits per heavy atom. The first-order valence-electron chi connectivity index (χ1n) is 7.86. The summed E-state index contributed by atoms with van der Waals surface area (Å²) in [6.07, 6.45) is 0.814. The van der Waals surface area contributed by atoms with Crippen molar-refractivity contribution in [1.82, 2.24) is 10.3 Å². The third-order valence-corrected chi connectivity index (χ3v) is 3.63. The molecule has 0 bridgehead atoms. The minimum absolute atomic E-state index is 0.141. The molecule has 2 amide bonds. The molecule has 0 aromatic heterocycles. The molecule has 128 valence electrons. The molecule has 2 rings (SSSR count). The lowest BCUT2D eigenvalue weighted by Crippen LogP contribution is -2.47. The van der Waals surface area contributed by atoms with Gasteiger partial charge in [-0.3, -0.25) is 9.59 Å². The lowest BCUT2D eigenvalue weighted by atomic mass is 10.1. The van der Waals surface area contributed by atoms with Crippen LogP contribution in [0.25, 0.3) is 0 Å². The van der Waals surface area contributed by atoms with Gasteiger partial charge < -0.3 is 10.1 Å². The Balaban J connectivity index is 2.09. The number of hydrogen-bond acceptors (Lipinski definition) is 5. The summed E-state index contributed by atoms with van der Waals surface area (Å²) in [5.74, 6) is -1.09. The molecule has 24 heavy (non-hydrogen) atoms. The average molecular weight is 331 g/mol. The van der Waals surface area contributed by atoms with Gasteiger partial charge in [0, 0.05) is 26.3 Å². The number of carbonyl (C=O) groups excluding carboxylic acids is 3. The second-order valence-corrected chi connectivity index (χ2v) is 5.43. The minimum Gasteiger partial charge on any atom is -0.464 e. The van der Waals surface area contributed by atoms with Gasteiger partial charge in [-0.2, -0.15) is 5.10 Å². The van der Waals surface area contributed by atoms with Gasteiger partial charge in [0.2, 0.25) is 5.91 Å². The van der Waals surface area contributed by atoms with Crippen LogP contribution in [0.1, 0.15) is 25.3 Å². The molecular weight excluding hydrogens is 310 g/mol. The summed E-state index contributed by atoms with van der Waals surface area (Å²) >= 11 is 0. The quantitative estimate of drug-likeness (QED) is 0.784. The highest BCUT2D eigenvalue weighted by Gasteiger charge is 2.27. The van der Waals surface area contributed by atoms with E-state index in [1.807, 2.05) is 30.3 Å². The second kappa shape index (κ2) is 8.24. The molecule has 1 aromatic carbocycles. The third kappa shape index (κ3) is 4.65. The Morgan fingerprint density at radius 2 is 2.00 bits per heavy atom. The molecule has 7 heteroatoms. The zero-order valence-corrected chi connectivity index (χ0v) is 13.8. The van der Waals surface area contributed by atoms with E-state index in [0.29, 0.717) is 6.42 Å². The number of amides is 2. The molecule has 1 unspecified atom stereocenters. The second-order valence-electron chi connectivity index (χ2n) is 5.43. The van der Waals surface area contributed by atoms with Gasteiger partial charge >= 0.3 is 5.97 Å². The standard InChI is InChI=1S/C17H21N3O4/c1-3-24-17(23)14(11-12-7-5-4-6-8-12)18-16(22)13-9-10-15(21)20(2)19-13/h4-8,14H,3,9-11H2,1-2H3,(H,18,22). The van der Waals surface area contributed by atoms with Crippen molar-refractivity contribution in [1.29, 1.82) is 0 Å². The van der Waals surface area contributed by atoms with Crippen LogP contribution in [0.5, 0.6) is 0 Å². The van der Waals surface area contributed by atoms with Gasteiger partial charge in [-0.05, 0) is 12.5 Å². The summed E-state index contributed by atoms with van der Waals surface area (Å²) in [4.78, 5) is 35.9. The van der Waals surface area contributed by atoms with Gasteiger partial charge in [-0.15, -0.1) is 0 Å². The zero-order chi connectivity index (χ0) is 17.5. The molecular formula is C17H21N3O4. The van der Waals surface area contributed by atoms with Crippen LogP contribution in [0, 0.1) is 0 Å². The van der Waals surface area contributed by atoms with Gasteiger partial charge in [0.25, 0.3) is 5.91 Å². The topological polar surface area (TPSA) is 88.1 Å².